The van der Waals surface area contributed by atoms with E-state index >= 15 is 0 Å². The lowest BCUT2D eigenvalue weighted by Gasteiger charge is -2.39. The van der Waals surface area contributed by atoms with Crippen molar-refractivity contribution in [2.45, 2.75) is 26.8 Å². The Bertz CT molecular complexity index is 146. The van der Waals surface area contributed by atoms with Crippen LogP contribution in [0.3, 0.4) is 0 Å². The van der Waals surface area contributed by atoms with E-state index in [-0.39, 0.29) is 0 Å². The van der Waals surface area contributed by atoms with Crippen molar-refractivity contribution in [3.8, 4) is 0 Å². The number of nitrogens with one attached hydrogen (secondary N) is 1. The molecule has 0 aromatic heterocycles. The van der Waals surface area contributed by atoms with Gasteiger partial charge in [0.2, 0.25) is 0 Å². The fourth-order valence-corrected chi connectivity index (χ4v) is 1.33. The van der Waals surface area contributed by atoms with Gasteiger partial charge in [0.25, 0.3) is 0 Å². The number of hydrogen-bond acceptors (Lipinski definition) is 3. The molecule has 1 fully saturated rings. The van der Waals surface area contributed by atoms with E-state index in [1.54, 1.807) is 0 Å². The second-order valence-corrected chi connectivity index (χ2v) is 4.24. The van der Waals surface area contributed by atoms with E-state index in [0.717, 1.165) is 33.0 Å². The fourth-order valence-electron chi connectivity index (χ4n) is 1.33. The molecule has 1 N–H and O–H groups in total. The summed E-state index contributed by atoms with van der Waals surface area (Å²) in [5, 5.41) is 3.45. The quantitative estimate of drug-likeness (QED) is 0.674. The zero-order chi connectivity index (χ0) is 9.73. The summed E-state index contributed by atoms with van der Waals surface area (Å²) < 4.78 is 10.5. The van der Waals surface area contributed by atoms with Crippen molar-refractivity contribution in [1.29, 1.82) is 0 Å². The van der Waals surface area contributed by atoms with Gasteiger partial charge in [-0.2, -0.15) is 0 Å². The molecule has 1 aliphatic heterocycles. The van der Waals surface area contributed by atoms with E-state index in [0.29, 0.717) is 11.5 Å². The normalized spacial score (nSPS) is 22.4. The van der Waals surface area contributed by atoms with Crippen molar-refractivity contribution in [3.05, 3.63) is 0 Å². The number of hydrogen-bond donors (Lipinski definition) is 1. The van der Waals surface area contributed by atoms with E-state index in [4.69, 9.17) is 9.47 Å². The van der Waals surface area contributed by atoms with Crippen LogP contribution in [0.5, 0.6) is 0 Å². The maximum atomic E-state index is 5.32. The van der Waals surface area contributed by atoms with Gasteiger partial charge < -0.3 is 14.8 Å². The first-order chi connectivity index (χ1) is 6.16. The van der Waals surface area contributed by atoms with Crippen LogP contribution in [0.4, 0.5) is 0 Å². The fraction of sp³-hybridized carbons (Fsp3) is 1.00. The Kier molecular flexibility index (Phi) is 4.16. The highest BCUT2D eigenvalue weighted by molar-refractivity contribution is 4.83. The van der Waals surface area contributed by atoms with E-state index in [1.807, 2.05) is 6.92 Å². The lowest BCUT2D eigenvalue weighted by atomic mass is 9.88. The third kappa shape index (κ3) is 3.63. The molecule has 0 radical (unpaired) electrons. The van der Waals surface area contributed by atoms with Gasteiger partial charge in [-0.15, -0.1) is 0 Å². The first-order valence-corrected chi connectivity index (χ1v) is 5.05. The summed E-state index contributed by atoms with van der Waals surface area (Å²) in [6, 6.07) is 0.442. The molecule has 78 valence electrons. The molecule has 13 heavy (non-hydrogen) atoms. The molecule has 1 unspecified atom stereocenters. The second-order valence-electron chi connectivity index (χ2n) is 4.24. The van der Waals surface area contributed by atoms with Crippen LogP contribution in [0.2, 0.25) is 0 Å². The molecule has 1 aliphatic rings. The highest BCUT2D eigenvalue weighted by atomic mass is 16.5. The van der Waals surface area contributed by atoms with E-state index < -0.39 is 0 Å². The molecule has 0 aromatic rings. The Morgan fingerprint density at radius 3 is 2.69 bits per heavy atom. The maximum Gasteiger partial charge on any atom is 0.0616 e. The van der Waals surface area contributed by atoms with Crippen LogP contribution in [-0.4, -0.2) is 39.0 Å². The van der Waals surface area contributed by atoms with Gasteiger partial charge in [0, 0.05) is 24.6 Å². The topological polar surface area (TPSA) is 30.5 Å². The molecule has 0 aromatic carbocycles. The SMILES string of the molecule is CCOCC(C)NCC1(C)COC1. The Balaban J connectivity index is 2.03. The molecule has 0 amide bonds. The van der Waals surface area contributed by atoms with Gasteiger partial charge in [0.15, 0.2) is 0 Å². The van der Waals surface area contributed by atoms with Crippen LogP contribution in [0.15, 0.2) is 0 Å². The molecule has 1 rings (SSSR count). The van der Waals surface area contributed by atoms with Crippen LogP contribution < -0.4 is 5.32 Å². The molecule has 1 saturated heterocycles. The zero-order valence-electron chi connectivity index (χ0n) is 8.93. The van der Waals surface area contributed by atoms with Gasteiger partial charge >= 0.3 is 0 Å². The average Bonchev–Trinajstić information content (AvgIpc) is 2.08. The van der Waals surface area contributed by atoms with Crippen LogP contribution >= 0.6 is 0 Å². The second kappa shape index (κ2) is 4.94. The van der Waals surface area contributed by atoms with Gasteiger partial charge in [0.1, 0.15) is 0 Å². The molecular formula is C10H21NO2. The largest absolute Gasteiger partial charge is 0.380 e. The van der Waals surface area contributed by atoms with Crippen LogP contribution in [0.25, 0.3) is 0 Å². The first-order valence-electron chi connectivity index (χ1n) is 5.05. The molecule has 0 bridgehead atoms. The summed E-state index contributed by atoms with van der Waals surface area (Å²) >= 11 is 0. The molecule has 1 atom stereocenters. The van der Waals surface area contributed by atoms with Crippen LogP contribution in [-0.2, 0) is 9.47 Å². The van der Waals surface area contributed by atoms with Crippen molar-refractivity contribution >= 4 is 0 Å². The van der Waals surface area contributed by atoms with E-state index in [1.165, 1.54) is 0 Å². The van der Waals surface area contributed by atoms with Crippen molar-refractivity contribution in [2.24, 2.45) is 5.41 Å². The van der Waals surface area contributed by atoms with Crippen LogP contribution in [0, 0.1) is 5.41 Å². The number of rotatable bonds is 6. The molecular weight excluding hydrogens is 166 g/mol. The van der Waals surface area contributed by atoms with E-state index in [2.05, 4.69) is 19.2 Å². The predicted octanol–water partition coefficient (Wildman–Crippen LogP) is 1.04. The lowest BCUT2D eigenvalue weighted by Crippen LogP contribution is -2.49. The minimum Gasteiger partial charge on any atom is -0.380 e. The average molecular weight is 187 g/mol. The number of ether oxygens (including phenoxy) is 2. The van der Waals surface area contributed by atoms with Gasteiger partial charge in [-0.05, 0) is 13.8 Å². The smallest absolute Gasteiger partial charge is 0.0616 e. The molecule has 3 heteroatoms. The third-order valence-electron chi connectivity index (χ3n) is 2.35. The van der Waals surface area contributed by atoms with Crippen molar-refractivity contribution in [2.75, 3.05) is 33.0 Å². The maximum absolute atomic E-state index is 5.32. The van der Waals surface area contributed by atoms with E-state index in [9.17, 15) is 0 Å². The third-order valence-corrected chi connectivity index (χ3v) is 2.35. The molecule has 0 aliphatic carbocycles. The van der Waals surface area contributed by atoms with Gasteiger partial charge in [0.05, 0.1) is 19.8 Å². The Morgan fingerprint density at radius 1 is 1.54 bits per heavy atom. The van der Waals surface area contributed by atoms with Gasteiger partial charge in [-0.25, -0.2) is 0 Å². The first kappa shape index (κ1) is 11.0. The van der Waals surface area contributed by atoms with Crippen molar-refractivity contribution in [1.82, 2.24) is 5.32 Å². The molecule has 0 saturated carbocycles. The Labute approximate surface area is 80.8 Å². The zero-order valence-corrected chi connectivity index (χ0v) is 8.93. The molecule has 1 heterocycles. The minimum atomic E-state index is 0.362. The summed E-state index contributed by atoms with van der Waals surface area (Å²) in [6.07, 6.45) is 0. The summed E-state index contributed by atoms with van der Waals surface area (Å²) in [7, 11) is 0. The summed E-state index contributed by atoms with van der Waals surface area (Å²) in [5.41, 5.74) is 0.362. The Hall–Kier alpha value is -0.120. The predicted molar refractivity (Wildman–Crippen MR) is 52.9 cm³/mol. The van der Waals surface area contributed by atoms with Crippen molar-refractivity contribution < 1.29 is 9.47 Å². The van der Waals surface area contributed by atoms with Crippen molar-refractivity contribution in [3.63, 3.8) is 0 Å². The highest BCUT2D eigenvalue weighted by Crippen LogP contribution is 2.25. The molecule has 0 spiro atoms. The molecule has 3 nitrogen and oxygen atoms in total. The highest BCUT2D eigenvalue weighted by Gasteiger charge is 2.33. The summed E-state index contributed by atoms with van der Waals surface area (Å²) in [6.45, 7) is 10.8. The lowest BCUT2D eigenvalue weighted by molar-refractivity contribution is -0.100. The van der Waals surface area contributed by atoms with Gasteiger partial charge in [-0.3, -0.25) is 0 Å². The summed E-state index contributed by atoms with van der Waals surface area (Å²) in [4.78, 5) is 0. The minimum absolute atomic E-state index is 0.362. The Morgan fingerprint density at radius 2 is 2.23 bits per heavy atom. The monoisotopic (exact) mass is 187 g/mol. The van der Waals surface area contributed by atoms with Gasteiger partial charge in [-0.1, -0.05) is 6.92 Å². The summed E-state index contributed by atoms with van der Waals surface area (Å²) in [5.74, 6) is 0. The standard InChI is InChI=1S/C10H21NO2/c1-4-12-5-9(2)11-6-10(3)7-13-8-10/h9,11H,4-8H2,1-3H3. The van der Waals surface area contributed by atoms with Crippen LogP contribution in [0.1, 0.15) is 20.8 Å².